The summed E-state index contributed by atoms with van der Waals surface area (Å²) in [5, 5.41) is 3.34. The number of pyridine rings is 2. The molecule has 9 heteroatoms. The van der Waals surface area contributed by atoms with Crippen LogP contribution in [0.5, 0.6) is 0 Å². The number of hydrogen-bond acceptors (Lipinski definition) is 6. The first-order valence-electron chi connectivity index (χ1n) is 6.65. The molecule has 0 aliphatic rings. The van der Waals surface area contributed by atoms with Gasteiger partial charge < -0.3 is 5.73 Å². The van der Waals surface area contributed by atoms with Crippen molar-refractivity contribution in [2.75, 3.05) is 11.1 Å². The molecule has 2 rings (SSSR count). The number of nitrogens with two attached hydrogens (primary N) is 1. The fourth-order valence-electron chi connectivity index (χ4n) is 1.86. The van der Waals surface area contributed by atoms with Crippen LogP contribution in [-0.4, -0.2) is 0 Å². The van der Waals surface area contributed by atoms with Gasteiger partial charge in [0, 0.05) is 19.1 Å². The lowest BCUT2D eigenvalue weighted by Gasteiger charge is -2.17. The van der Waals surface area contributed by atoms with Crippen molar-refractivity contribution in [3.8, 4) is 0 Å². The Labute approximate surface area is 136 Å². The number of nitrogen functional groups attached to an aromatic ring is 1. The molecule has 0 saturated carbocycles. The average Bonchev–Trinajstić information content (AvgIpc) is 2.40. The lowest BCUT2D eigenvalue weighted by molar-refractivity contribution is -2.00. The molecular formula is C14H20ClN4O4+. The molecule has 2 aromatic rings. The van der Waals surface area contributed by atoms with E-state index in [2.05, 4.69) is 21.1 Å². The second-order valence-corrected chi connectivity index (χ2v) is 5.74. The Morgan fingerprint density at radius 1 is 1.22 bits per heavy atom. The van der Waals surface area contributed by atoms with Crippen LogP contribution in [0.1, 0.15) is 17.0 Å². The monoisotopic (exact) mass is 343 g/mol. The van der Waals surface area contributed by atoms with Crippen LogP contribution < -0.4 is 39.2 Å². The molecule has 126 valence electrons. The summed E-state index contributed by atoms with van der Waals surface area (Å²) in [6, 6.07) is 8.06. The normalized spacial score (nSPS) is 10.7. The summed E-state index contributed by atoms with van der Waals surface area (Å²) in [5.41, 5.74) is 10.2. The summed E-state index contributed by atoms with van der Waals surface area (Å²) in [6.07, 6.45) is 2.06. The second-order valence-electron chi connectivity index (χ2n) is 4.99. The molecule has 0 saturated heterocycles. The average molecular weight is 344 g/mol. The Balaban J connectivity index is 0.000000463. The number of anilines is 2. The highest BCUT2D eigenvalue weighted by molar-refractivity contribution is 5.46. The van der Waals surface area contributed by atoms with Crippen molar-refractivity contribution >= 4 is 11.5 Å². The third-order valence-corrected chi connectivity index (χ3v) is 3.05. The number of nitrogens with zero attached hydrogens (tertiary/aromatic N) is 1. The smallest absolute Gasteiger partial charge is 0.272 e. The second kappa shape index (κ2) is 8.04. The summed E-state index contributed by atoms with van der Waals surface area (Å²) in [4.78, 5) is 3.26. The molecule has 0 unspecified atom stereocenters. The third kappa shape index (κ3) is 7.73. The van der Waals surface area contributed by atoms with Crippen LogP contribution in [0.2, 0.25) is 0 Å². The standard InChI is InChI=1S/C14H18N4.ClHO4/c1-10-5-4-6-14(17-10)16-8-12-9-18(3)11(2)7-13(12)15;2-1(3,4)5/h4-7,9,15H,8H2,1-3H3,(H,16,17);(H,2,3,4,5)/p+1. The van der Waals surface area contributed by atoms with Gasteiger partial charge in [-0.05, 0) is 13.0 Å². The highest BCUT2D eigenvalue weighted by atomic mass is 35.7. The maximum atomic E-state index is 8.49. The van der Waals surface area contributed by atoms with E-state index in [0.29, 0.717) is 6.54 Å². The molecule has 0 spiro atoms. The Bertz CT molecular complexity index is 656. The van der Waals surface area contributed by atoms with Crippen LogP contribution in [0.15, 0.2) is 30.5 Å². The van der Waals surface area contributed by atoms with Gasteiger partial charge in [-0.3, -0.25) is 5.32 Å². The van der Waals surface area contributed by atoms with Gasteiger partial charge in [0.25, 0.3) is 5.82 Å². The highest BCUT2D eigenvalue weighted by Crippen LogP contribution is 2.11. The van der Waals surface area contributed by atoms with E-state index in [0.717, 1.165) is 28.5 Å². The van der Waals surface area contributed by atoms with Crippen LogP contribution >= 0.6 is 0 Å². The van der Waals surface area contributed by atoms with Gasteiger partial charge in [-0.15, -0.1) is 10.2 Å². The van der Waals surface area contributed by atoms with Crippen molar-refractivity contribution in [3.05, 3.63) is 47.4 Å². The van der Waals surface area contributed by atoms with Gasteiger partial charge in [-0.2, -0.15) is 0 Å². The van der Waals surface area contributed by atoms with Gasteiger partial charge in [-0.25, -0.2) is 28.2 Å². The Morgan fingerprint density at radius 3 is 2.39 bits per heavy atom. The van der Waals surface area contributed by atoms with E-state index >= 15 is 0 Å². The molecule has 0 atom stereocenters. The number of hydrogen-bond donors (Lipinski definition) is 2. The first-order valence-corrected chi connectivity index (χ1v) is 7.89. The number of rotatable bonds is 3. The van der Waals surface area contributed by atoms with Gasteiger partial charge in [0.05, 0.1) is 16.9 Å². The first-order chi connectivity index (χ1) is 10.6. The van der Waals surface area contributed by atoms with Gasteiger partial charge in [0.2, 0.25) is 0 Å². The lowest BCUT2D eigenvalue weighted by Crippen LogP contribution is -2.68. The number of aromatic nitrogens is 2. The van der Waals surface area contributed by atoms with Crippen molar-refractivity contribution in [2.45, 2.75) is 20.4 Å². The predicted molar refractivity (Wildman–Crippen MR) is 71.8 cm³/mol. The fraction of sp³-hybridized carbons (Fsp3) is 0.286. The van der Waals surface area contributed by atoms with E-state index in [1.54, 1.807) is 0 Å². The third-order valence-electron chi connectivity index (χ3n) is 3.05. The Hall–Kier alpha value is -1.97. The van der Waals surface area contributed by atoms with E-state index < -0.39 is 10.2 Å². The van der Waals surface area contributed by atoms with Crippen LogP contribution in [0.3, 0.4) is 0 Å². The minimum Gasteiger partial charge on any atom is -0.398 e. The quantitative estimate of drug-likeness (QED) is 0.549. The van der Waals surface area contributed by atoms with Gasteiger partial charge in [0.1, 0.15) is 13.6 Å². The number of halogens is 1. The van der Waals surface area contributed by atoms with Crippen LogP contribution in [-0.2, 0) is 13.6 Å². The molecule has 0 fully saturated rings. The van der Waals surface area contributed by atoms with E-state index in [-0.39, 0.29) is 0 Å². The van der Waals surface area contributed by atoms with Crippen molar-refractivity contribution in [2.24, 2.45) is 7.05 Å². The molecule has 2 aromatic heterocycles. The summed E-state index contributed by atoms with van der Waals surface area (Å²) < 4.78 is 36.0. The zero-order valence-electron chi connectivity index (χ0n) is 13.1. The van der Waals surface area contributed by atoms with E-state index in [9.17, 15) is 0 Å². The summed E-state index contributed by atoms with van der Waals surface area (Å²) in [7, 11) is -2.92. The molecule has 0 aliphatic heterocycles. The van der Waals surface area contributed by atoms with E-state index in [1.807, 2.05) is 45.2 Å². The van der Waals surface area contributed by atoms with Crippen LogP contribution in [0.25, 0.3) is 0 Å². The molecule has 2 heterocycles. The summed E-state index contributed by atoms with van der Waals surface area (Å²) >= 11 is 0. The molecule has 0 aliphatic carbocycles. The molecule has 0 bridgehead atoms. The zero-order valence-corrected chi connectivity index (χ0v) is 13.9. The molecule has 8 nitrogen and oxygen atoms in total. The minimum atomic E-state index is -4.94. The van der Waals surface area contributed by atoms with Gasteiger partial charge in [0.15, 0.2) is 11.9 Å². The van der Waals surface area contributed by atoms with Crippen molar-refractivity contribution in [1.82, 2.24) is 0 Å². The number of aromatic amines is 1. The molecule has 0 radical (unpaired) electrons. The van der Waals surface area contributed by atoms with Gasteiger partial charge in [-0.1, -0.05) is 6.07 Å². The maximum Gasteiger partial charge on any atom is 0.272 e. The molecule has 0 amide bonds. The fourth-order valence-corrected chi connectivity index (χ4v) is 1.86. The Kier molecular flexibility index (Phi) is 6.67. The highest BCUT2D eigenvalue weighted by Gasteiger charge is 2.11. The Morgan fingerprint density at radius 2 is 1.83 bits per heavy atom. The first kappa shape index (κ1) is 19.1. The predicted octanol–water partition coefficient (Wildman–Crippen LogP) is -3.62. The lowest BCUT2D eigenvalue weighted by atomic mass is 10.2. The SMILES string of the molecule is Cc1cccc(NCc2c[n+](C)c(C)cc2N)[nH+]1.[O-][Cl+3]([O-])([O-])[O-]. The molecule has 23 heavy (non-hydrogen) atoms. The van der Waals surface area contributed by atoms with Crippen molar-refractivity contribution in [3.63, 3.8) is 0 Å². The van der Waals surface area contributed by atoms with Crippen LogP contribution in [0.4, 0.5) is 11.5 Å². The van der Waals surface area contributed by atoms with E-state index in [4.69, 9.17) is 24.4 Å². The molecule has 0 aromatic carbocycles. The maximum absolute atomic E-state index is 8.49. The topological polar surface area (TPSA) is 148 Å². The van der Waals surface area contributed by atoms with Crippen molar-refractivity contribution < 1.29 is 38.4 Å². The summed E-state index contributed by atoms with van der Waals surface area (Å²) in [5.74, 6) is 0.998. The summed E-state index contributed by atoms with van der Waals surface area (Å²) in [6.45, 7) is 4.78. The number of nitrogens with one attached hydrogen (secondary N) is 2. The van der Waals surface area contributed by atoms with Gasteiger partial charge >= 0.3 is 0 Å². The molecule has 4 N–H and O–H groups in total. The van der Waals surface area contributed by atoms with Crippen molar-refractivity contribution in [1.29, 1.82) is 0 Å². The largest absolute Gasteiger partial charge is 0.398 e. The van der Waals surface area contributed by atoms with E-state index in [1.165, 1.54) is 0 Å². The van der Waals surface area contributed by atoms with Crippen LogP contribution in [0, 0.1) is 24.1 Å². The number of aryl methyl sites for hydroxylation is 3. The number of H-pyrrole nitrogens is 1. The molecular weight excluding hydrogens is 324 g/mol. The minimum absolute atomic E-state index is 0.708. The zero-order chi connectivity index (χ0) is 17.6.